The Kier molecular flexibility index (Phi) is 3.27. The van der Waals surface area contributed by atoms with E-state index in [0.29, 0.717) is 0 Å². The molecule has 2 nitrogen and oxygen atoms in total. The van der Waals surface area contributed by atoms with E-state index in [2.05, 4.69) is 46.0 Å². The highest BCUT2D eigenvalue weighted by atomic mass is 79.9. The van der Waals surface area contributed by atoms with Gasteiger partial charge in [-0.2, -0.15) is 4.99 Å². The lowest BCUT2D eigenvalue weighted by atomic mass is 9.88. The summed E-state index contributed by atoms with van der Waals surface area (Å²) < 4.78 is 1.08. The van der Waals surface area contributed by atoms with Crippen LogP contribution in [0.3, 0.4) is 0 Å². The van der Waals surface area contributed by atoms with Crippen molar-refractivity contribution in [3.05, 3.63) is 33.8 Å². The molecule has 1 fully saturated rings. The highest BCUT2D eigenvalue weighted by Gasteiger charge is 2.35. The number of isocyanates is 1. The van der Waals surface area contributed by atoms with Crippen molar-refractivity contribution < 1.29 is 4.79 Å². The monoisotopic (exact) mass is 279 g/mol. The lowest BCUT2D eigenvalue weighted by Crippen LogP contribution is -2.18. The average Bonchev–Trinajstić information content (AvgIpc) is 2.72. The minimum absolute atomic E-state index is 0.308. The molecule has 1 saturated carbocycles. The summed E-state index contributed by atoms with van der Waals surface area (Å²) in [6.45, 7) is 2.05. The van der Waals surface area contributed by atoms with Crippen LogP contribution in [0.4, 0.5) is 0 Å². The second-order valence-electron chi connectivity index (χ2n) is 4.41. The summed E-state index contributed by atoms with van der Waals surface area (Å²) in [6.07, 6.45) is 5.93. The van der Waals surface area contributed by atoms with Crippen LogP contribution >= 0.6 is 15.9 Å². The minimum atomic E-state index is -0.308. The Bertz CT molecular complexity index is 443. The molecule has 16 heavy (non-hydrogen) atoms. The fourth-order valence-electron chi connectivity index (χ4n) is 2.39. The van der Waals surface area contributed by atoms with Gasteiger partial charge in [0.1, 0.15) is 0 Å². The molecular formula is C13H14BrNO. The molecule has 1 aliphatic rings. The largest absolute Gasteiger partial charge is 0.235 e. The predicted octanol–water partition coefficient (Wildman–Crippen LogP) is 3.86. The summed E-state index contributed by atoms with van der Waals surface area (Å²) in [5, 5.41) is 0. The molecule has 0 saturated heterocycles. The Morgan fingerprint density at radius 1 is 1.38 bits per heavy atom. The molecule has 84 valence electrons. The molecule has 0 atom stereocenters. The summed E-state index contributed by atoms with van der Waals surface area (Å²) in [4.78, 5) is 14.7. The quantitative estimate of drug-likeness (QED) is 0.597. The Balaban J connectivity index is 2.47. The zero-order chi connectivity index (χ0) is 11.6. The van der Waals surface area contributed by atoms with Gasteiger partial charge < -0.3 is 0 Å². The van der Waals surface area contributed by atoms with Gasteiger partial charge in [-0.3, -0.25) is 0 Å². The van der Waals surface area contributed by atoms with Crippen molar-refractivity contribution in [1.29, 1.82) is 0 Å². The zero-order valence-corrected chi connectivity index (χ0v) is 10.9. The minimum Gasteiger partial charge on any atom is -0.211 e. The molecule has 0 radical (unpaired) electrons. The molecule has 2 rings (SSSR count). The fourth-order valence-corrected chi connectivity index (χ4v) is 2.77. The molecule has 3 heteroatoms. The predicted molar refractivity (Wildman–Crippen MR) is 67.1 cm³/mol. The highest BCUT2D eigenvalue weighted by Crippen LogP contribution is 2.42. The van der Waals surface area contributed by atoms with Gasteiger partial charge >= 0.3 is 0 Å². The van der Waals surface area contributed by atoms with Gasteiger partial charge in [0.25, 0.3) is 0 Å². The van der Waals surface area contributed by atoms with Crippen LogP contribution in [0.15, 0.2) is 27.7 Å². The third kappa shape index (κ3) is 1.98. The molecule has 0 heterocycles. The normalized spacial score (nSPS) is 18.1. The molecule has 0 bridgehead atoms. The van der Waals surface area contributed by atoms with Crippen molar-refractivity contribution in [2.24, 2.45) is 4.99 Å². The Hall–Kier alpha value is -0.920. The van der Waals surface area contributed by atoms with Crippen LogP contribution in [-0.2, 0) is 10.3 Å². The number of halogens is 1. The van der Waals surface area contributed by atoms with E-state index in [1.54, 1.807) is 6.08 Å². The maximum atomic E-state index is 10.6. The standard InChI is InChI=1S/C13H14BrNO/c1-10-4-5-11(8-12(10)14)13(15-9-16)6-2-3-7-13/h4-5,8H,2-3,6-7H2,1H3. The lowest BCUT2D eigenvalue weighted by Gasteiger charge is -2.23. The van der Waals surface area contributed by atoms with Crippen molar-refractivity contribution in [3.63, 3.8) is 0 Å². The van der Waals surface area contributed by atoms with Crippen molar-refractivity contribution in [2.75, 3.05) is 0 Å². The lowest BCUT2D eigenvalue weighted by molar-refractivity contribution is 0.455. The van der Waals surface area contributed by atoms with E-state index >= 15 is 0 Å². The number of aliphatic imine (C=N–C) groups is 1. The fraction of sp³-hybridized carbons (Fsp3) is 0.462. The first kappa shape index (κ1) is 11.6. The molecule has 0 aliphatic heterocycles. The first-order valence-corrected chi connectivity index (χ1v) is 6.33. The number of carbonyl (C=O) groups excluding carboxylic acids is 1. The smallest absolute Gasteiger partial charge is 0.211 e. The second kappa shape index (κ2) is 4.52. The molecule has 1 aromatic rings. The van der Waals surface area contributed by atoms with E-state index in [0.717, 1.165) is 35.7 Å². The Morgan fingerprint density at radius 2 is 2.06 bits per heavy atom. The number of aryl methyl sites for hydroxylation is 1. The Morgan fingerprint density at radius 3 is 2.62 bits per heavy atom. The van der Waals surface area contributed by atoms with Crippen LogP contribution in [0.5, 0.6) is 0 Å². The van der Waals surface area contributed by atoms with Crippen molar-refractivity contribution in [3.8, 4) is 0 Å². The second-order valence-corrected chi connectivity index (χ2v) is 5.26. The Labute approximate surface area is 104 Å². The van der Waals surface area contributed by atoms with Gasteiger partial charge in [-0.25, -0.2) is 4.79 Å². The summed E-state index contributed by atoms with van der Waals surface area (Å²) in [5.74, 6) is 0. The summed E-state index contributed by atoms with van der Waals surface area (Å²) in [5.41, 5.74) is 2.02. The zero-order valence-electron chi connectivity index (χ0n) is 9.29. The molecule has 1 aliphatic carbocycles. The first-order chi connectivity index (χ1) is 7.68. The molecule has 0 spiro atoms. The first-order valence-electron chi connectivity index (χ1n) is 5.54. The molecule has 1 aromatic carbocycles. The third-order valence-electron chi connectivity index (χ3n) is 3.40. The molecule has 0 N–H and O–H groups in total. The number of hydrogen-bond donors (Lipinski definition) is 0. The van der Waals surface area contributed by atoms with Crippen LogP contribution in [0, 0.1) is 6.92 Å². The number of benzene rings is 1. The highest BCUT2D eigenvalue weighted by molar-refractivity contribution is 9.10. The third-order valence-corrected chi connectivity index (χ3v) is 4.25. The van der Waals surface area contributed by atoms with Gasteiger partial charge in [0.2, 0.25) is 6.08 Å². The van der Waals surface area contributed by atoms with E-state index in [9.17, 15) is 4.79 Å². The van der Waals surface area contributed by atoms with E-state index in [1.807, 2.05) is 0 Å². The van der Waals surface area contributed by atoms with Gasteiger partial charge in [0.05, 0.1) is 5.54 Å². The molecule has 0 aromatic heterocycles. The number of nitrogens with zero attached hydrogens (tertiary/aromatic N) is 1. The number of rotatable bonds is 2. The number of hydrogen-bond acceptors (Lipinski definition) is 2. The van der Waals surface area contributed by atoms with Gasteiger partial charge in [0, 0.05) is 4.47 Å². The summed E-state index contributed by atoms with van der Waals surface area (Å²) in [7, 11) is 0. The van der Waals surface area contributed by atoms with Crippen LogP contribution in [-0.4, -0.2) is 6.08 Å². The van der Waals surface area contributed by atoms with Crippen LogP contribution in [0.1, 0.15) is 36.8 Å². The molecule has 0 amide bonds. The SMILES string of the molecule is Cc1ccc(C2(N=C=O)CCCC2)cc1Br. The van der Waals surface area contributed by atoms with E-state index in [1.165, 1.54) is 5.56 Å². The van der Waals surface area contributed by atoms with Crippen LogP contribution in [0.2, 0.25) is 0 Å². The molecular weight excluding hydrogens is 266 g/mol. The summed E-state index contributed by atoms with van der Waals surface area (Å²) >= 11 is 3.53. The van der Waals surface area contributed by atoms with Gasteiger partial charge in [-0.15, -0.1) is 0 Å². The van der Waals surface area contributed by atoms with Crippen molar-refractivity contribution >= 4 is 22.0 Å². The summed E-state index contributed by atoms with van der Waals surface area (Å²) in [6, 6.07) is 6.23. The maximum absolute atomic E-state index is 10.6. The topological polar surface area (TPSA) is 29.4 Å². The van der Waals surface area contributed by atoms with Gasteiger partial charge in [-0.05, 0) is 37.0 Å². The maximum Gasteiger partial charge on any atom is 0.235 e. The van der Waals surface area contributed by atoms with Gasteiger partial charge in [0.15, 0.2) is 0 Å². The average molecular weight is 280 g/mol. The van der Waals surface area contributed by atoms with Gasteiger partial charge in [-0.1, -0.05) is 40.9 Å². The van der Waals surface area contributed by atoms with E-state index < -0.39 is 0 Å². The van der Waals surface area contributed by atoms with Crippen molar-refractivity contribution in [1.82, 2.24) is 0 Å². The van der Waals surface area contributed by atoms with Crippen LogP contribution in [0.25, 0.3) is 0 Å². The van der Waals surface area contributed by atoms with Crippen LogP contribution < -0.4 is 0 Å². The van der Waals surface area contributed by atoms with E-state index in [-0.39, 0.29) is 5.54 Å². The van der Waals surface area contributed by atoms with E-state index in [4.69, 9.17) is 0 Å². The molecule has 0 unspecified atom stereocenters. The van der Waals surface area contributed by atoms with Crippen molar-refractivity contribution in [2.45, 2.75) is 38.1 Å².